The van der Waals surface area contributed by atoms with Crippen molar-refractivity contribution in [3.8, 4) is 22.6 Å². The van der Waals surface area contributed by atoms with Crippen molar-refractivity contribution in [2.75, 3.05) is 12.8 Å². The van der Waals surface area contributed by atoms with E-state index in [-0.39, 0.29) is 34.8 Å². The number of halogens is 3. The molecule has 154 valence electrons. The summed E-state index contributed by atoms with van der Waals surface area (Å²) in [5, 5.41) is 3.86. The molecule has 2 heterocycles. The molecule has 0 saturated carbocycles. The van der Waals surface area contributed by atoms with Gasteiger partial charge < -0.3 is 15.2 Å². The third-order valence-corrected chi connectivity index (χ3v) is 4.74. The van der Waals surface area contributed by atoms with Crippen molar-refractivity contribution in [2.24, 2.45) is 7.05 Å². The molecule has 4 rings (SSSR count). The molecule has 2 N–H and O–H groups in total. The number of rotatable bonds is 5. The van der Waals surface area contributed by atoms with E-state index in [1.807, 2.05) is 0 Å². The van der Waals surface area contributed by atoms with Crippen LogP contribution in [0.25, 0.3) is 22.0 Å². The Morgan fingerprint density at radius 3 is 2.67 bits per heavy atom. The maximum atomic E-state index is 14.8. The van der Waals surface area contributed by atoms with Gasteiger partial charge in [0.1, 0.15) is 47.4 Å². The number of hydrogen-bond donors (Lipinski definition) is 1. The Kier molecular flexibility index (Phi) is 5.08. The summed E-state index contributed by atoms with van der Waals surface area (Å²) in [6, 6.07) is 3.84. The molecule has 0 aliphatic heterocycles. The lowest BCUT2D eigenvalue weighted by Gasteiger charge is -2.17. The molecule has 0 bridgehead atoms. The van der Waals surface area contributed by atoms with Gasteiger partial charge in [-0.1, -0.05) is 11.6 Å². The van der Waals surface area contributed by atoms with E-state index in [0.717, 1.165) is 6.07 Å². The second kappa shape index (κ2) is 7.71. The fourth-order valence-corrected chi connectivity index (χ4v) is 3.22. The second-order valence-electron chi connectivity index (χ2n) is 6.28. The number of ether oxygens (including phenoxy) is 2. The van der Waals surface area contributed by atoms with Gasteiger partial charge >= 0.3 is 0 Å². The quantitative estimate of drug-likeness (QED) is 0.481. The van der Waals surface area contributed by atoms with Gasteiger partial charge in [-0.05, 0) is 12.1 Å². The highest BCUT2D eigenvalue weighted by Gasteiger charge is 2.23. The third-order valence-electron chi connectivity index (χ3n) is 4.40. The molecule has 0 aliphatic carbocycles. The van der Waals surface area contributed by atoms with Gasteiger partial charge in [0.2, 0.25) is 0 Å². The standard InChI is InChI=1S/C19H15ClF2N6O2/c1-28-8-26-13(27-28)6-30-12-5-11(29-2)14(18-15(12)19(23)25-7-24-18)9-3-4-10(21)16(20)17(9)22/h3-5,7-8H,6H2,1-2H3,(H2,23,24,25). The van der Waals surface area contributed by atoms with Crippen LogP contribution in [0.5, 0.6) is 11.5 Å². The summed E-state index contributed by atoms with van der Waals surface area (Å²) in [6.45, 7) is 0.0452. The summed E-state index contributed by atoms with van der Waals surface area (Å²) in [4.78, 5) is 12.4. The number of aromatic nitrogens is 5. The summed E-state index contributed by atoms with van der Waals surface area (Å²) in [5.41, 5.74) is 6.57. The van der Waals surface area contributed by atoms with Crippen molar-refractivity contribution in [2.45, 2.75) is 6.61 Å². The molecule has 2 aromatic carbocycles. The fourth-order valence-electron chi connectivity index (χ4n) is 3.06. The lowest BCUT2D eigenvalue weighted by molar-refractivity contribution is 0.297. The number of fused-ring (bicyclic) bond motifs is 1. The Balaban J connectivity index is 1.93. The zero-order valence-corrected chi connectivity index (χ0v) is 16.6. The molecule has 4 aromatic rings. The SMILES string of the molecule is COc1cc(OCc2ncn(C)n2)c2c(N)ncnc2c1-c1ccc(F)c(Cl)c1F. The molecular formula is C19H15ClF2N6O2. The molecule has 30 heavy (non-hydrogen) atoms. The third kappa shape index (κ3) is 3.35. The van der Waals surface area contributed by atoms with Crippen molar-refractivity contribution in [3.05, 3.63) is 53.3 Å². The highest BCUT2D eigenvalue weighted by Crippen LogP contribution is 2.44. The Hall–Kier alpha value is -3.53. The topological polar surface area (TPSA) is 101 Å². The number of benzene rings is 2. The molecule has 0 unspecified atom stereocenters. The fraction of sp³-hybridized carbons (Fsp3) is 0.158. The number of nitrogens with two attached hydrogens (primary N) is 1. The monoisotopic (exact) mass is 432 g/mol. The van der Waals surface area contributed by atoms with Crippen molar-refractivity contribution >= 4 is 28.3 Å². The van der Waals surface area contributed by atoms with Crippen molar-refractivity contribution in [1.82, 2.24) is 24.7 Å². The molecular weight excluding hydrogens is 418 g/mol. The maximum absolute atomic E-state index is 14.8. The van der Waals surface area contributed by atoms with E-state index in [2.05, 4.69) is 20.1 Å². The van der Waals surface area contributed by atoms with Crippen molar-refractivity contribution < 1.29 is 18.3 Å². The van der Waals surface area contributed by atoms with Gasteiger partial charge in [-0.3, -0.25) is 4.68 Å². The first-order valence-electron chi connectivity index (χ1n) is 8.63. The van der Waals surface area contributed by atoms with E-state index in [1.54, 1.807) is 18.1 Å². The second-order valence-corrected chi connectivity index (χ2v) is 6.66. The van der Waals surface area contributed by atoms with Crippen LogP contribution in [-0.4, -0.2) is 31.8 Å². The molecule has 8 nitrogen and oxygen atoms in total. The summed E-state index contributed by atoms with van der Waals surface area (Å²) in [6.07, 6.45) is 2.77. The van der Waals surface area contributed by atoms with Crippen LogP contribution in [0.3, 0.4) is 0 Å². The van der Waals surface area contributed by atoms with Crippen LogP contribution in [0.1, 0.15) is 5.82 Å². The van der Waals surface area contributed by atoms with Gasteiger partial charge in [0.05, 0.1) is 23.6 Å². The van der Waals surface area contributed by atoms with E-state index >= 15 is 0 Å². The summed E-state index contributed by atoms with van der Waals surface area (Å²) in [5.74, 6) is -0.740. The lowest BCUT2D eigenvalue weighted by Crippen LogP contribution is -2.04. The number of methoxy groups -OCH3 is 1. The van der Waals surface area contributed by atoms with E-state index in [1.165, 1.54) is 25.6 Å². The highest BCUT2D eigenvalue weighted by molar-refractivity contribution is 6.31. The van der Waals surface area contributed by atoms with Crippen LogP contribution >= 0.6 is 11.6 Å². The number of nitrogens with zero attached hydrogens (tertiary/aromatic N) is 5. The predicted octanol–water partition coefficient (Wildman–Crippen LogP) is 3.53. The lowest BCUT2D eigenvalue weighted by atomic mass is 9.99. The number of anilines is 1. The van der Waals surface area contributed by atoms with Crippen LogP contribution < -0.4 is 15.2 Å². The van der Waals surface area contributed by atoms with Gasteiger partial charge in [0.15, 0.2) is 11.6 Å². The van der Waals surface area contributed by atoms with Crippen LogP contribution in [0.15, 0.2) is 30.9 Å². The Bertz CT molecular complexity index is 1260. The average Bonchev–Trinajstić information content (AvgIpc) is 3.15. The van der Waals surface area contributed by atoms with Crippen LogP contribution in [0.2, 0.25) is 5.02 Å². The normalized spacial score (nSPS) is 11.1. The smallest absolute Gasteiger partial charge is 0.188 e. The Morgan fingerprint density at radius 2 is 1.97 bits per heavy atom. The van der Waals surface area contributed by atoms with Gasteiger partial charge in [0, 0.05) is 18.7 Å². The van der Waals surface area contributed by atoms with Crippen molar-refractivity contribution in [1.29, 1.82) is 0 Å². The summed E-state index contributed by atoms with van der Waals surface area (Å²) < 4.78 is 41.3. The van der Waals surface area contributed by atoms with E-state index in [0.29, 0.717) is 17.0 Å². The zero-order valence-electron chi connectivity index (χ0n) is 15.9. The first-order valence-corrected chi connectivity index (χ1v) is 9.00. The number of hydrogen-bond acceptors (Lipinski definition) is 7. The number of aryl methyl sites for hydroxylation is 1. The molecule has 0 aliphatic rings. The van der Waals surface area contributed by atoms with Crippen LogP contribution in [0.4, 0.5) is 14.6 Å². The molecule has 11 heteroatoms. The van der Waals surface area contributed by atoms with Gasteiger partial charge in [-0.2, -0.15) is 5.10 Å². The minimum absolute atomic E-state index is 0.000655. The molecule has 2 aromatic heterocycles. The molecule has 0 fully saturated rings. The average molecular weight is 433 g/mol. The van der Waals surface area contributed by atoms with Gasteiger partial charge in [-0.25, -0.2) is 23.7 Å². The highest BCUT2D eigenvalue weighted by atomic mass is 35.5. The van der Waals surface area contributed by atoms with E-state index in [4.69, 9.17) is 26.8 Å². The minimum atomic E-state index is -0.945. The van der Waals surface area contributed by atoms with Gasteiger partial charge in [-0.15, -0.1) is 0 Å². The molecule has 0 radical (unpaired) electrons. The van der Waals surface area contributed by atoms with E-state index in [9.17, 15) is 8.78 Å². The maximum Gasteiger partial charge on any atom is 0.188 e. The largest absolute Gasteiger partial charge is 0.496 e. The Morgan fingerprint density at radius 1 is 1.17 bits per heavy atom. The first kappa shape index (κ1) is 19.8. The summed E-state index contributed by atoms with van der Waals surface area (Å²) >= 11 is 5.77. The minimum Gasteiger partial charge on any atom is -0.496 e. The molecule has 0 spiro atoms. The van der Waals surface area contributed by atoms with E-state index < -0.39 is 16.7 Å². The van der Waals surface area contributed by atoms with Crippen LogP contribution in [-0.2, 0) is 13.7 Å². The molecule has 0 amide bonds. The summed E-state index contributed by atoms with van der Waals surface area (Å²) in [7, 11) is 3.14. The number of nitrogen functional groups attached to an aromatic ring is 1. The molecule has 0 atom stereocenters. The van der Waals surface area contributed by atoms with Crippen LogP contribution in [0, 0.1) is 11.6 Å². The zero-order chi connectivity index (χ0) is 21.4. The van der Waals surface area contributed by atoms with Crippen molar-refractivity contribution in [3.63, 3.8) is 0 Å². The first-order chi connectivity index (χ1) is 14.4. The van der Waals surface area contributed by atoms with Gasteiger partial charge in [0.25, 0.3) is 0 Å². The predicted molar refractivity (Wildman–Crippen MR) is 106 cm³/mol. The Labute approximate surface area is 174 Å². The molecule has 0 saturated heterocycles.